The highest BCUT2D eigenvalue weighted by atomic mass is 16.4. The molecule has 0 aromatic carbocycles. The summed E-state index contributed by atoms with van der Waals surface area (Å²) in [6, 6.07) is -2.07. The van der Waals surface area contributed by atoms with Crippen LogP contribution in [0.15, 0.2) is 0 Å². The van der Waals surface area contributed by atoms with Gasteiger partial charge in [0.2, 0.25) is 5.91 Å². The number of amides is 3. The highest BCUT2D eigenvalue weighted by Gasteiger charge is 2.23. The summed E-state index contributed by atoms with van der Waals surface area (Å²) in [5, 5.41) is 22.0. The Morgan fingerprint density at radius 2 is 1.80 bits per heavy atom. The van der Waals surface area contributed by atoms with E-state index in [1.807, 2.05) is 0 Å². The van der Waals surface area contributed by atoms with Crippen molar-refractivity contribution >= 4 is 23.9 Å². The van der Waals surface area contributed by atoms with Crippen LogP contribution in [0.2, 0.25) is 0 Å². The molecule has 0 aliphatic carbocycles. The molecule has 0 aliphatic heterocycles. The first-order chi connectivity index (χ1) is 9.27. The van der Waals surface area contributed by atoms with Gasteiger partial charge >= 0.3 is 18.0 Å². The van der Waals surface area contributed by atoms with Gasteiger partial charge < -0.3 is 25.7 Å². The van der Waals surface area contributed by atoms with Crippen molar-refractivity contribution < 1.29 is 29.4 Å². The van der Waals surface area contributed by atoms with E-state index < -0.39 is 24.0 Å². The molecule has 0 aliphatic rings. The van der Waals surface area contributed by atoms with Crippen molar-refractivity contribution in [2.75, 3.05) is 20.1 Å². The molecule has 9 heteroatoms. The SMILES string of the molecule is CCNC(=O)CN(C)C(=O)NC(CCC(=O)O)C(=O)O. The molecule has 0 fully saturated rings. The molecule has 0 heterocycles. The van der Waals surface area contributed by atoms with E-state index in [1.165, 1.54) is 7.05 Å². The highest BCUT2D eigenvalue weighted by molar-refractivity contribution is 5.86. The van der Waals surface area contributed by atoms with Gasteiger partial charge in [-0.05, 0) is 13.3 Å². The highest BCUT2D eigenvalue weighted by Crippen LogP contribution is 1.99. The fourth-order valence-corrected chi connectivity index (χ4v) is 1.32. The number of carboxylic acids is 2. The van der Waals surface area contributed by atoms with Crippen LogP contribution in [0.3, 0.4) is 0 Å². The lowest BCUT2D eigenvalue weighted by Crippen LogP contribution is -2.49. The molecule has 0 saturated carbocycles. The van der Waals surface area contributed by atoms with E-state index in [-0.39, 0.29) is 25.3 Å². The van der Waals surface area contributed by atoms with Crippen LogP contribution in [0.5, 0.6) is 0 Å². The predicted molar refractivity (Wildman–Crippen MR) is 68.1 cm³/mol. The summed E-state index contributed by atoms with van der Waals surface area (Å²) in [5.74, 6) is -2.85. The summed E-state index contributed by atoms with van der Waals surface area (Å²) in [7, 11) is 1.33. The lowest BCUT2D eigenvalue weighted by Gasteiger charge is -2.20. The van der Waals surface area contributed by atoms with Crippen molar-refractivity contribution in [3.05, 3.63) is 0 Å². The molecule has 0 spiro atoms. The number of nitrogens with one attached hydrogen (secondary N) is 2. The molecule has 114 valence electrons. The maximum atomic E-state index is 11.7. The summed E-state index contributed by atoms with van der Waals surface area (Å²) >= 11 is 0. The molecule has 1 atom stereocenters. The lowest BCUT2D eigenvalue weighted by atomic mass is 10.1. The summed E-state index contributed by atoms with van der Waals surface area (Å²) in [6.07, 6.45) is -0.608. The number of rotatable bonds is 8. The molecule has 0 aromatic rings. The Balaban J connectivity index is 4.40. The summed E-state index contributed by atoms with van der Waals surface area (Å²) in [5.41, 5.74) is 0. The van der Waals surface area contributed by atoms with E-state index in [2.05, 4.69) is 10.6 Å². The number of aliphatic carboxylic acids is 2. The van der Waals surface area contributed by atoms with Gasteiger partial charge in [0.1, 0.15) is 12.6 Å². The van der Waals surface area contributed by atoms with Crippen molar-refractivity contribution in [3.63, 3.8) is 0 Å². The first kappa shape index (κ1) is 17.7. The average molecular weight is 289 g/mol. The van der Waals surface area contributed by atoms with Crippen molar-refractivity contribution in [2.45, 2.75) is 25.8 Å². The monoisotopic (exact) mass is 289 g/mol. The maximum Gasteiger partial charge on any atom is 0.326 e. The Bertz CT molecular complexity index is 384. The van der Waals surface area contributed by atoms with Crippen LogP contribution >= 0.6 is 0 Å². The van der Waals surface area contributed by atoms with Crippen LogP contribution in [-0.2, 0) is 14.4 Å². The largest absolute Gasteiger partial charge is 0.481 e. The first-order valence-corrected chi connectivity index (χ1v) is 6.00. The fourth-order valence-electron chi connectivity index (χ4n) is 1.32. The van der Waals surface area contributed by atoms with Crippen LogP contribution in [0.4, 0.5) is 4.79 Å². The van der Waals surface area contributed by atoms with E-state index >= 15 is 0 Å². The standard InChI is InChI=1S/C11H19N3O6/c1-3-12-8(15)6-14(2)11(20)13-7(10(18)19)4-5-9(16)17/h7H,3-6H2,1-2H3,(H,12,15)(H,13,20)(H,16,17)(H,18,19). The minimum Gasteiger partial charge on any atom is -0.481 e. The van der Waals surface area contributed by atoms with Gasteiger partial charge in [-0.3, -0.25) is 9.59 Å². The van der Waals surface area contributed by atoms with Crippen molar-refractivity contribution in [3.8, 4) is 0 Å². The number of carbonyl (C=O) groups excluding carboxylic acids is 2. The minimum atomic E-state index is -1.33. The molecule has 20 heavy (non-hydrogen) atoms. The Labute approximate surface area is 115 Å². The zero-order valence-electron chi connectivity index (χ0n) is 11.4. The molecule has 0 bridgehead atoms. The van der Waals surface area contributed by atoms with Crippen LogP contribution in [0.1, 0.15) is 19.8 Å². The molecule has 0 aromatic heterocycles. The van der Waals surface area contributed by atoms with Gasteiger partial charge in [-0.1, -0.05) is 0 Å². The molecule has 0 saturated heterocycles. The second-order valence-electron chi connectivity index (χ2n) is 4.08. The molecule has 0 radical (unpaired) electrons. The number of hydrogen-bond acceptors (Lipinski definition) is 4. The normalized spacial score (nSPS) is 11.3. The molecular weight excluding hydrogens is 270 g/mol. The Morgan fingerprint density at radius 3 is 2.25 bits per heavy atom. The molecule has 4 N–H and O–H groups in total. The number of hydrogen-bond donors (Lipinski definition) is 4. The van der Waals surface area contributed by atoms with Crippen molar-refractivity contribution in [2.24, 2.45) is 0 Å². The molecule has 0 rings (SSSR count). The smallest absolute Gasteiger partial charge is 0.326 e. The van der Waals surface area contributed by atoms with Gasteiger partial charge in [0.15, 0.2) is 0 Å². The summed E-state index contributed by atoms with van der Waals surface area (Å²) in [4.78, 5) is 45.2. The molecule has 3 amide bonds. The number of carbonyl (C=O) groups is 4. The van der Waals surface area contributed by atoms with Gasteiger partial charge in [-0.25, -0.2) is 9.59 Å². The van der Waals surface area contributed by atoms with E-state index in [9.17, 15) is 19.2 Å². The first-order valence-electron chi connectivity index (χ1n) is 6.00. The summed E-state index contributed by atoms with van der Waals surface area (Å²) < 4.78 is 0. The Morgan fingerprint density at radius 1 is 1.20 bits per heavy atom. The number of carboxylic acid groups (broad SMARTS) is 2. The predicted octanol–water partition coefficient (Wildman–Crippen LogP) is -0.918. The zero-order valence-corrected chi connectivity index (χ0v) is 11.4. The van der Waals surface area contributed by atoms with Gasteiger partial charge in [0.25, 0.3) is 0 Å². The van der Waals surface area contributed by atoms with Gasteiger partial charge in [0.05, 0.1) is 0 Å². The van der Waals surface area contributed by atoms with E-state index in [4.69, 9.17) is 10.2 Å². The second kappa shape index (κ2) is 8.73. The fraction of sp³-hybridized carbons (Fsp3) is 0.636. The van der Waals surface area contributed by atoms with Crippen LogP contribution in [0, 0.1) is 0 Å². The van der Waals surface area contributed by atoms with E-state index in [1.54, 1.807) is 6.92 Å². The molecule has 9 nitrogen and oxygen atoms in total. The Hall–Kier alpha value is -2.32. The van der Waals surface area contributed by atoms with Crippen LogP contribution in [0.25, 0.3) is 0 Å². The van der Waals surface area contributed by atoms with Crippen LogP contribution < -0.4 is 10.6 Å². The number of urea groups is 1. The molecular formula is C11H19N3O6. The van der Waals surface area contributed by atoms with E-state index in [0.717, 1.165) is 4.90 Å². The van der Waals surface area contributed by atoms with Crippen LogP contribution in [-0.4, -0.2) is 65.2 Å². The van der Waals surface area contributed by atoms with Crippen molar-refractivity contribution in [1.82, 2.24) is 15.5 Å². The van der Waals surface area contributed by atoms with Gasteiger partial charge in [-0.15, -0.1) is 0 Å². The Kier molecular flexibility index (Phi) is 7.71. The lowest BCUT2D eigenvalue weighted by molar-refractivity contribution is -0.140. The van der Waals surface area contributed by atoms with Gasteiger partial charge in [0, 0.05) is 20.0 Å². The van der Waals surface area contributed by atoms with Crippen molar-refractivity contribution in [1.29, 1.82) is 0 Å². The third-order valence-corrected chi connectivity index (χ3v) is 2.34. The zero-order chi connectivity index (χ0) is 15.7. The summed E-state index contributed by atoms with van der Waals surface area (Å²) in [6.45, 7) is 1.93. The number of likely N-dealkylation sites (N-methyl/N-ethyl adjacent to an activating group) is 2. The van der Waals surface area contributed by atoms with Gasteiger partial charge in [-0.2, -0.15) is 0 Å². The average Bonchev–Trinajstić information content (AvgIpc) is 2.33. The molecule has 1 unspecified atom stereocenters. The quantitative estimate of drug-likeness (QED) is 0.456. The third kappa shape index (κ3) is 7.19. The third-order valence-electron chi connectivity index (χ3n) is 2.34. The minimum absolute atomic E-state index is 0.217. The topological polar surface area (TPSA) is 136 Å². The number of nitrogens with zero attached hydrogens (tertiary/aromatic N) is 1. The maximum absolute atomic E-state index is 11.7. The second-order valence-corrected chi connectivity index (χ2v) is 4.08. The van der Waals surface area contributed by atoms with E-state index in [0.29, 0.717) is 6.54 Å².